The Bertz CT molecular complexity index is 482. The fraction of sp³-hybridized carbons (Fsp3) is 0.625. The molecule has 0 saturated heterocycles. The fourth-order valence-corrected chi connectivity index (χ4v) is 4.45. The van der Waals surface area contributed by atoms with E-state index in [1.807, 2.05) is 0 Å². The maximum atomic E-state index is 3.56. The van der Waals surface area contributed by atoms with E-state index in [0.717, 1.165) is 19.0 Å². The van der Waals surface area contributed by atoms with Crippen molar-refractivity contribution in [3.05, 3.63) is 29.3 Å². The minimum Gasteiger partial charge on any atom is -0.369 e. The Labute approximate surface area is 109 Å². The van der Waals surface area contributed by atoms with E-state index in [9.17, 15) is 0 Å². The molecular formula is C16H22N2. The average Bonchev–Trinajstić information content (AvgIpc) is 2.64. The first-order valence-electron chi connectivity index (χ1n) is 7.37. The van der Waals surface area contributed by atoms with Crippen LogP contribution in [0.15, 0.2) is 18.2 Å². The standard InChI is InChI=1S/C16H22N2/c1-16-7-3-5-13(16)11-18-9-8-17-10-12-4-2-6-14(16)15(12)18/h2,4,6,13,17H,3,5,7-11H2,1H3/t13-,16-/m0/s1. The number of hydrogen-bond donors (Lipinski definition) is 1. The van der Waals surface area contributed by atoms with Gasteiger partial charge in [-0.15, -0.1) is 0 Å². The van der Waals surface area contributed by atoms with Crippen LogP contribution in [0.2, 0.25) is 0 Å². The van der Waals surface area contributed by atoms with Crippen LogP contribution in [0.25, 0.3) is 0 Å². The summed E-state index contributed by atoms with van der Waals surface area (Å²) in [5, 5.41) is 3.56. The summed E-state index contributed by atoms with van der Waals surface area (Å²) in [5.41, 5.74) is 5.17. The Balaban J connectivity index is 1.93. The molecule has 4 rings (SSSR count). The molecule has 2 aliphatic heterocycles. The van der Waals surface area contributed by atoms with E-state index >= 15 is 0 Å². The first-order chi connectivity index (χ1) is 8.79. The Morgan fingerprint density at radius 2 is 2.33 bits per heavy atom. The quantitative estimate of drug-likeness (QED) is 0.752. The Kier molecular flexibility index (Phi) is 2.25. The average molecular weight is 242 g/mol. The van der Waals surface area contributed by atoms with Gasteiger partial charge < -0.3 is 10.2 Å². The summed E-state index contributed by atoms with van der Waals surface area (Å²) >= 11 is 0. The molecule has 1 saturated carbocycles. The van der Waals surface area contributed by atoms with Crippen molar-refractivity contribution in [2.75, 3.05) is 24.5 Å². The van der Waals surface area contributed by atoms with Crippen molar-refractivity contribution in [2.45, 2.75) is 38.1 Å². The first kappa shape index (κ1) is 10.9. The van der Waals surface area contributed by atoms with Gasteiger partial charge in [-0.2, -0.15) is 0 Å². The summed E-state index contributed by atoms with van der Waals surface area (Å²) < 4.78 is 0. The largest absolute Gasteiger partial charge is 0.369 e. The van der Waals surface area contributed by atoms with Gasteiger partial charge in [0.25, 0.3) is 0 Å². The highest BCUT2D eigenvalue weighted by molar-refractivity contribution is 5.65. The minimum absolute atomic E-state index is 0.451. The van der Waals surface area contributed by atoms with Crippen molar-refractivity contribution in [2.24, 2.45) is 5.92 Å². The summed E-state index contributed by atoms with van der Waals surface area (Å²) in [6.07, 6.45) is 4.22. The maximum absolute atomic E-state index is 3.56. The molecule has 2 heterocycles. The van der Waals surface area contributed by atoms with Crippen LogP contribution < -0.4 is 10.2 Å². The molecule has 1 aliphatic carbocycles. The predicted octanol–water partition coefficient (Wildman–Crippen LogP) is 2.67. The first-order valence-corrected chi connectivity index (χ1v) is 7.37. The Morgan fingerprint density at radius 3 is 3.28 bits per heavy atom. The molecule has 1 N–H and O–H groups in total. The van der Waals surface area contributed by atoms with Crippen molar-refractivity contribution in [1.82, 2.24) is 5.32 Å². The molecular weight excluding hydrogens is 220 g/mol. The monoisotopic (exact) mass is 242 g/mol. The van der Waals surface area contributed by atoms with Gasteiger partial charge in [-0.05, 0) is 35.3 Å². The number of fused-ring (bicyclic) bond motifs is 2. The molecule has 0 radical (unpaired) electrons. The third-order valence-corrected chi connectivity index (χ3v) is 5.52. The maximum Gasteiger partial charge on any atom is 0.0450 e. The number of nitrogens with one attached hydrogen (secondary N) is 1. The summed E-state index contributed by atoms with van der Waals surface area (Å²) in [6.45, 7) is 7.13. The Hall–Kier alpha value is -1.02. The van der Waals surface area contributed by atoms with Crippen LogP contribution in [-0.4, -0.2) is 19.6 Å². The van der Waals surface area contributed by atoms with E-state index in [-0.39, 0.29) is 0 Å². The highest BCUT2D eigenvalue weighted by atomic mass is 15.2. The lowest BCUT2D eigenvalue weighted by atomic mass is 9.70. The molecule has 1 aromatic carbocycles. The summed E-state index contributed by atoms with van der Waals surface area (Å²) in [5.74, 6) is 0.873. The smallest absolute Gasteiger partial charge is 0.0450 e. The van der Waals surface area contributed by atoms with Crippen molar-refractivity contribution in [1.29, 1.82) is 0 Å². The lowest BCUT2D eigenvalue weighted by Gasteiger charge is -2.45. The molecule has 96 valence electrons. The van der Waals surface area contributed by atoms with Gasteiger partial charge in [-0.25, -0.2) is 0 Å². The van der Waals surface area contributed by atoms with Crippen LogP contribution >= 0.6 is 0 Å². The van der Waals surface area contributed by atoms with Crippen molar-refractivity contribution in [3.8, 4) is 0 Å². The molecule has 0 unspecified atom stereocenters. The van der Waals surface area contributed by atoms with Gasteiger partial charge in [-0.3, -0.25) is 0 Å². The Morgan fingerprint density at radius 1 is 1.39 bits per heavy atom. The van der Waals surface area contributed by atoms with Crippen LogP contribution in [0, 0.1) is 5.92 Å². The SMILES string of the molecule is C[C@]12CCC[C@H]1CN1CCNCc3cccc2c31. The van der Waals surface area contributed by atoms with Gasteiger partial charge >= 0.3 is 0 Å². The lowest BCUT2D eigenvalue weighted by Crippen LogP contribution is -2.45. The minimum atomic E-state index is 0.451. The number of nitrogens with zero attached hydrogens (tertiary/aromatic N) is 1. The van der Waals surface area contributed by atoms with Crippen LogP contribution in [0.1, 0.15) is 37.3 Å². The normalized spacial score (nSPS) is 33.8. The van der Waals surface area contributed by atoms with E-state index in [1.165, 1.54) is 37.9 Å². The zero-order valence-electron chi connectivity index (χ0n) is 11.2. The number of benzene rings is 1. The summed E-state index contributed by atoms with van der Waals surface area (Å²) in [4.78, 5) is 2.66. The second-order valence-electron chi connectivity index (χ2n) is 6.44. The number of para-hydroxylation sites is 1. The van der Waals surface area contributed by atoms with Gasteiger partial charge in [-0.1, -0.05) is 31.5 Å². The second-order valence-corrected chi connectivity index (χ2v) is 6.44. The topological polar surface area (TPSA) is 15.3 Å². The molecule has 1 fully saturated rings. The summed E-state index contributed by atoms with van der Waals surface area (Å²) in [7, 11) is 0. The molecule has 1 aromatic rings. The fourth-order valence-electron chi connectivity index (χ4n) is 4.45. The third-order valence-electron chi connectivity index (χ3n) is 5.52. The third kappa shape index (κ3) is 1.33. The van der Waals surface area contributed by atoms with E-state index < -0.39 is 0 Å². The van der Waals surface area contributed by atoms with Crippen molar-refractivity contribution >= 4 is 5.69 Å². The molecule has 18 heavy (non-hydrogen) atoms. The second kappa shape index (κ2) is 3.74. The number of rotatable bonds is 0. The van der Waals surface area contributed by atoms with Gasteiger partial charge in [0.1, 0.15) is 0 Å². The van der Waals surface area contributed by atoms with Gasteiger partial charge in [0.2, 0.25) is 0 Å². The van der Waals surface area contributed by atoms with Crippen molar-refractivity contribution < 1.29 is 0 Å². The van der Waals surface area contributed by atoms with Gasteiger partial charge in [0, 0.05) is 31.9 Å². The molecule has 0 amide bonds. The van der Waals surface area contributed by atoms with Crippen LogP contribution in [0.5, 0.6) is 0 Å². The lowest BCUT2D eigenvalue weighted by molar-refractivity contribution is 0.327. The molecule has 0 bridgehead atoms. The summed E-state index contributed by atoms with van der Waals surface area (Å²) in [6, 6.07) is 6.97. The van der Waals surface area contributed by atoms with Gasteiger partial charge in [0.05, 0.1) is 0 Å². The molecule has 2 atom stereocenters. The van der Waals surface area contributed by atoms with E-state index in [1.54, 1.807) is 11.3 Å². The molecule has 2 heteroatoms. The van der Waals surface area contributed by atoms with E-state index in [4.69, 9.17) is 0 Å². The zero-order valence-corrected chi connectivity index (χ0v) is 11.2. The highest BCUT2D eigenvalue weighted by Gasteiger charge is 2.46. The predicted molar refractivity (Wildman–Crippen MR) is 75.1 cm³/mol. The number of anilines is 1. The highest BCUT2D eigenvalue weighted by Crippen LogP contribution is 2.53. The molecule has 2 nitrogen and oxygen atoms in total. The van der Waals surface area contributed by atoms with E-state index in [0.29, 0.717) is 5.41 Å². The van der Waals surface area contributed by atoms with Crippen LogP contribution in [-0.2, 0) is 12.0 Å². The molecule has 3 aliphatic rings. The molecule has 0 spiro atoms. The van der Waals surface area contributed by atoms with Crippen molar-refractivity contribution in [3.63, 3.8) is 0 Å². The van der Waals surface area contributed by atoms with Crippen LogP contribution in [0.3, 0.4) is 0 Å². The van der Waals surface area contributed by atoms with E-state index in [2.05, 4.69) is 35.3 Å². The van der Waals surface area contributed by atoms with Gasteiger partial charge in [0.15, 0.2) is 0 Å². The zero-order chi connectivity index (χ0) is 12.2. The number of hydrogen-bond acceptors (Lipinski definition) is 2. The molecule has 0 aromatic heterocycles. The van der Waals surface area contributed by atoms with Crippen LogP contribution in [0.4, 0.5) is 5.69 Å².